The fourth-order valence-corrected chi connectivity index (χ4v) is 8.76. The second-order valence-corrected chi connectivity index (χ2v) is 11.6. The lowest BCUT2D eigenvalue weighted by molar-refractivity contribution is 0.627. The standard InChI is InChI=1S/C16H32P2/c1(3-5-11-17-13-7-8-14-17)2-4-6-12-18-15-9-10-16-18/h1-16H2. The first-order chi connectivity index (χ1) is 8.95. The van der Waals surface area contributed by atoms with Gasteiger partial charge in [-0.15, -0.1) is 15.8 Å². The van der Waals surface area contributed by atoms with E-state index in [-0.39, 0.29) is 0 Å². The molecule has 2 rings (SSSR count). The minimum atomic E-state index is 0.524. The third-order valence-corrected chi connectivity index (χ3v) is 10.3. The number of hydrogen-bond acceptors (Lipinski definition) is 0. The molecule has 0 N–H and O–H groups in total. The van der Waals surface area contributed by atoms with Crippen molar-refractivity contribution in [1.29, 1.82) is 0 Å². The summed E-state index contributed by atoms with van der Waals surface area (Å²) >= 11 is 0. The van der Waals surface area contributed by atoms with Crippen molar-refractivity contribution in [1.82, 2.24) is 0 Å². The van der Waals surface area contributed by atoms with E-state index in [0.29, 0.717) is 15.8 Å². The maximum atomic E-state index is 1.61. The van der Waals surface area contributed by atoms with Crippen molar-refractivity contribution in [3.8, 4) is 0 Å². The van der Waals surface area contributed by atoms with Crippen molar-refractivity contribution in [2.24, 2.45) is 0 Å². The highest BCUT2D eigenvalue weighted by molar-refractivity contribution is 7.58. The second kappa shape index (κ2) is 9.72. The lowest BCUT2D eigenvalue weighted by atomic mass is 10.1. The molecule has 2 saturated heterocycles. The molecule has 0 aromatic carbocycles. The summed E-state index contributed by atoms with van der Waals surface area (Å²) in [4.78, 5) is 0. The van der Waals surface area contributed by atoms with Crippen LogP contribution in [0.5, 0.6) is 0 Å². The van der Waals surface area contributed by atoms with Crippen LogP contribution in [0.1, 0.15) is 64.2 Å². The van der Waals surface area contributed by atoms with Crippen molar-refractivity contribution < 1.29 is 0 Å². The van der Waals surface area contributed by atoms with Gasteiger partial charge in [0.25, 0.3) is 0 Å². The first-order valence-corrected chi connectivity index (χ1v) is 12.2. The van der Waals surface area contributed by atoms with Gasteiger partial charge >= 0.3 is 0 Å². The Morgan fingerprint density at radius 3 is 1.17 bits per heavy atom. The molecule has 0 atom stereocenters. The third-order valence-electron chi connectivity index (χ3n) is 4.60. The van der Waals surface area contributed by atoms with Crippen molar-refractivity contribution in [2.45, 2.75) is 64.2 Å². The molecule has 18 heavy (non-hydrogen) atoms. The Kier molecular flexibility index (Phi) is 8.23. The maximum Gasteiger partial charge on any atom is -0.0326 e. The van der Waals surface area contributed by atoms with Gasteiger partial charge in [-0.05, 0) is 75.5 Å². The van der Waals surface area contributed by atoms with E-state index in [1.54, 1.807) is 75.5 Å². The molecule has 0 aliphatic carbocycles. The fourth-order valence-electron chi connectivity index (χ4n) is 3.39. The predicted octanol–water partition coefficient (Wildman–Crippen LogP) is 5.88. The van der Waals surface area contributed by atoms with E-state index in [0.717, 1.165) is 0 Å². The quantitative estimate of drug-likeness (QED) is 0.367. The molecule has 0 aromatic rings. The summed E-state index contributed by atoms with van der Waals surface area (Å²) in [6, 6.07) is 0. The van der Waals surface area contributed by atoms with Crippen LogP contribution >= 0.6 is 15.8 Å². The van der Waals surface area contributed by atoms with Gasteiger partial charge in [-0.2, -0.15) is 0 Å². The van der Waals surface area contributed by atoms with Crippen LogP contribution in [0, 0.1) is 0 Å². The van der Waals surface area contributed by atoms with Gasteiger partial charge in [0.05, 0.1) is 0 Å². The smallest absolute Gasteiger partial charge is 0.0326 e. The van der Waals surface area contributed by atoms with Crippen LogP contribution in [0.25, 0.3) is 0 Å². The topological polar surface area (TPSA) is 0 Å². The van der Waals surface area contributed by atoms with Crippen LogP contribution in [0.15, 0.2) is 0 Å². The van der Waals surface area contributed by atoms with E-state index in [1.807, 2.05) is 0 Å². The summed E-state index contributed by atoms with van der Waals surface area (Å²) < 4.78 is 0. The molecule has 2 aliphatic heterocycles. The van der Waals surface area contributed by atoms with E-state index < -0.39 is 0 Å². The maximum absolute atomic E-state index is 1.61. The highest BCUT2D eigenvalue weighted by atomic mass is 31.1. The van der Waals surface area contributed by atoms with E-state index >= 15 is 0 Å². The molecule has 106 valence electrons. The van der Waals surface area contributed by atoms with Crippen LogP contribution in [-0.4, -0.2) is 37.0 Å². The number of unbranched alkanes of at least 4 members (excludes halogenated alkanes) is 5. The summed E-state index contributed by atoms with van der Waals surface area (Å²) in [7, 11) is 1.05. The molecular weight excluding hydrogens is 254 g/mol. The normalized spacial score (nSPS) is 22.0. The van der Waals surface area contributed by atoms with Crippen molar-refractivity contribution in [2.75, 3.05) is 37.0 Å². The van der Waals surface area contributed by atoms with Crippen molar-refractivity contribution >= 4 is 15.8 Å². The minimum Gasteiger partial charge on any atom is -0.107 e. The monoisotopic (exact) mass is 286 g/mol. The lowest BCUT2D eigenvalue weighted by Gasteiger charge is -2.10. The fraction of sp³-hybridized carbons (Fsp3) is 1.00. The van der Waals surface area contributed by atoms with E-state index in [1.165, 1.54) is 25.7 Å². The Morgan fingerprint density at radius 2 is 0.778 bits per heavy atom. The van der Waals surface area contributed by atoms with Crippen LogP contribution in [0.4, 0.5) is 0 Å². The van der Waals surface area contributed by atoms with Gasteiger partial charge in [-0.3, -0.25) is 0 Å². The molecule has 2 aliphatic rings. The molecule has 0 spiro atoms. The second-order valence-electron chi connectivity index (χ2n) is 6.22. The third kappa shape index (κ3) is 6.34. The zero-order chi connectivity index (χ0) is 12.5. The molecule has 0 amide bonds. The molecule has 0 nitrogen and oxygen atoms in total. The van der Waals surface area contributed by atoms with Gasteiger partial charge in [-0.25, -0.2) is 0 Å². The van der Waals surface area contributed by atoms with E-state index in [9.17, 15) is 0 Å². The Labute approximate surface area is 117 Å². The van der Waals surface area contributed by atoms with Crippen molar-refractivity contribution in [3.63, 3.8) is 0 Å². The highest BCUT2D eigenvalue weighted by Gasteiger charge is 2.14. The predicted molar refractivity (Wildman–Crippen MR) is 89.2 cm³/mol. The van der Waals surface area contributed by atoms with Crippen LogP contribution < -0.4 is 0 Å². The summed E-state index contributed by atoms with van der Waals surface area (Å²) in [5.41, 5.74) is 0. The minimum absolute atomic E-state index is 0.524. The Hall–Kier alpha value is 0.860. The Balaban J connectivity index is 1.31. The summed E-state index contributed by atoms with van der Waals surface area (Å²) in [6.45, 7) is 0. The molecule has 2 fully saturated rings. The van der Waals surface area contributed by atoms with Crippen LogP contribution in [0.3, 0.4) is 0 Å². The SMILES string of the molecule is C(CCCCP1CCCC1)CCCP1CCCC1. The molecule has 0 aromatic heterocycles. The molecular formula is C16H32P2. The van der Waals surface area contributed by atoms with Crippen LogP contribution in [-0.2, 0) is 0 Å². The summed E-state index contributed by atoms with van der Waals surface area (Å²) in [5, 5.41) is 0. The zero-order valence-corrected chi connectivity index (χ0v) is 14.0. The van der Waals surface area contributed by atoms with Gasteiger partial charge in [0.2, 0.25) is 0 Å². The Bertz CT molecular complexity index is 171. The van der Waals surface area contributed by atoms with E-state index in [2.05, 4.69) is 0 Å². The zero-order valence-electron chi connectivity index (χ0n) is 12.2. The van der Waals surface area contributed by atoms with Crippen LogP contribution in [0.2, 0.25) is 0 Å². The largest absolute Gasteiger partial charge is 0.107 e. The van der Waals surface area contributed by atoms with Crippen molar-refractivity contribution in [3.05, 3.63) is 0 Å². The average Bonchev–Trinajstić information content (AvgIpc) is 3.05. The first-order valence-electron chi connectivity index (χ1n) is 8.40. The Morgan fingerprint density at radius 1 is 0.444 bits per heavy atom. The summed E-state index contributed by atoms with van der Waals surface area (Å²) in [6.07, 6.45) is 25.1. The van der Waals surface area contributed by atoms with E-state index in [4.69, 9.17) is 0 Å². The van der Waals surface area contributed by atoms with Gasteiger partial charge in [0, 0.05) is 0 Å². The lowest BCUT2D eigenvalue weighted by Crippen LogP contribution is -1.89. The van der Waals surface area contributed by atoms with Gasteiger partial charge < -0.3 is 0 Å². The molecule has 0 bridgehead atoms. The average molecular weight is 286 g/mol. The molecule has 2 heteroatoms. The van der Waals surface area contributed by atoms with Gasteiger partial charge in [-0.1, -0.05) is 25.7 Å². The molecule has 0 saturated carbocycles. The van der Waals surface area contributed by atoms with Gasteiger partial charge in [0.1, 0.15) is 0 Å². The number of rotatable bonds is 9. The molecule has 0 radical (unpaired) electrons. The van der Waals surface area contributed by atoms with Gasteiger partial charge in [0.15, 0.2) is 0 Å². The highest BCUT2D eigenvalue weighted by Crippen LogP contribution is 2.44. The molecule has 0 unspecified atom stereocenters. The number of hydrogen-bond donors (Lipinski definition) is 0. The summed E-state index contributed by atoms with van der Waals surface area (Å²) in [5.74, 6) is 0. The molecule has 2 heterocycles. The first kappa shape index (κ1) is 15.3.